The maximum atomic E-state index is 11.8. The lowest BCUT2D eigenvalue weighted by Gasteiger charge is -2.10. The summed E-state index contributed by atoms with van der Waals surface area (Å²) in [6.45, 7) is 0.380. The fourth-order valence-corrected chi connectivity index (χ4v) is 1.56. The van der Waals surface area contributed by atoms with E-state index in [0.29, 0.717) is 12.2 Å². The largest absolute Gasteiger partial charge is 0.329 e. The van der Waals surface area contributed by atoms with E-state index >= 15 is 0 Å². The third-order valence-corrected chi connectivity index (χ3v) is 2.65. The summed E-state index contributed by atoms with van der Waals surface area (Å²) in [5.41, 5.74) is 13.2. The Kier molecular flexibility index (Phi) is 4.17. The van der Waals surface area contributed by atoms with E-state index in [4.69, 9.17) is 11.5 Å². The Balaban J connectivity index is 2.06. The van der Waals surface area contributed by atoms with Crippen molar-refractivity contribution in [3.8, 4) is 0 Å². The van der Waals surface area contributed by atoms with Gasteiger partial charge in [-0.1, -0.05) is 12.1 Å². The summed E-state index contributed by atoms with van der Waals surface area (Å²) in [5.74, 6) is -0.302. The highest BCUT2D eigenvalue weighted by molar-refractivity contribution is 6.02. The minimum absolute atomic E-state index is 0.190. The van der Waals surface area contributed by atoms with Crippen LogP contribution in [0, 0.1) is 0 Å². The molecule has 0 spiro atoms. The molecule has 6 heteroatoms. The number of nitrogens with zero attached hydrogens (tertiary/aromatic N) is 2. The molecule has 1 aromatic carbocycles. The molecule has 0 saturated carbocycles. The summed E-state index contributed by atoms with van der Waals surface area (Å²) in [6, 6.07) is 7.04. The number of benzene rings is 1. The van der Waals surface area contributed by atoms with Gasteiger partial charge in [0.1, 0.15) is 5.69 Å². The lowest BCUT2D eigenvalue weighted by molar-refractivity contribution is 0.102. The Morgan fingerprint density at radius 1 is 1.26 bits per heavy atom. The van der Waals surface area contributed by atoms with E-state index in [0.717, 1.165) is 5.56 Å². The first-order valence-electron chi connectivity index (χ1n) is 5.83. The number of amides is 1. The van der Waals surface area contributed by atoms with Gasteiger partial charge in [0.25, 0.3) is 5.91 Å². The van der Waals surface area contributed by atoms with Crippen molar-refractivity contribution in [2.24, 2.45) is 11.5 Å². The molecule has 1 aromatic heterocycles. The van der Waals surface area contributed by atoms with Crippen LogP contribution in [0.25, 0.3) is 0 Å². The number of rotatable bonds is 4. The molecular formula is C13H15N5O. The highest BCUT2D eigenvalue weighted by atomic mass is 16.1. The Morgan fingerprint density at radius 3 is 2.58 bits per heavy atom. The number of nitrogens with two attached hydrogens (primary N) is 2. The second-order valence-electron chi connectivity index (χ2n) is 4.01. The zero-order chi connectivity index (χ0) is 13.7. The van der Waals surface area contributed by atoms with Gasteiger partial charge >= 0.3 is 0 Å². The third kappa shape index (κ3) is 3.34. The monoisotopic (exact) mass is 257 g/mol. The number of nitrogens with one attached hydrogen (secondary N) is 1. The SMILES string of the molecule is NC[C@@H](N)c1ccc(NC(=O)c2cnccn2)cc1. The van der Waals surface area contributed by atoms with E-state index in [1.807, 2.05) is 12.1 Å². The van der Waals surface area contributed by atoms with Gasteiger partial charge in [0, 0.05) is 30.7 Å². The van der Waals surface area contributed by atoms with Crippen molar-refractivity contribution in [2.45, 2.75) is 6.04 Å². The first-order valence-corrected chi connectivity index (χ1v) is 5.83. The van der Waals surface area contributed by atoms with E-state index in [1.165, 1.54) is 18.6 Å². The molecule has 6 nitrogen and oxygen atoms in total. The topological polar surface area (TPSA) is 107 Å². The maximum absolute atomic E-state index is 11.8. The maximum Gasteiger partial charge on any atom is 0.275 e. The molecule has 0 bridgehead atoms. The number of aromatic nitrogens is 2. The number of hydrogen-bond donors (Lipinski definition) is 3. The van der Waals surface area contributed by atoms with Crippen LogP contribution in [0.3, 0.4) is 0 Å². The van der Waals surface area contributed by atoms with Crippen molar-refractivity contribution in [3.05, 3.63) is 54.1 Å². The van der Waals surface area contributed by atoms with Gasteiger partial charge in [0.05, 0.1) is 6.20 Å². The van der Waals surface area contributed by atoms with Crippen molar-refractivity contribution in [1.82, 2.24) is 9.97 Å². The molecule has 0 aliphatic rings. The lowest BCUT2D eigenvalue weighted by Crippen LogP contribution is -2.20. The van der Waals surface area contributed by atoms with Crippen molar-refractivity contribution in [2.75, 3.05) is 11.9 Å². The number of anilines is 1. The molecule has 0 aliphatic carbocycles. The van der Waals surface area contributed by atoms with Crippen LogP contribution < -0.4 is 16.8 Å². The summed E-state index contributed by atoms with van der Waals surface area (Å²) in [6.07, 6.45) is 4.39. The lowest BCUT2D eigenvalue weighted by atomic mass is 10.1. The Bertz CT molecular complexity index is 541. The predicted octanol–water partition coefficient (Wildman–Crippen LogP) is 0.687. The van der Waals surface area contributed by atoms with Crippen LogP contribution >= 0.6 is 0 Å². The van der Waals surface area contributed by atoms with Crippen LogP contribution in [0.1, 0.15) is 22.1 Å². The second kappa shape index (κ2) is 6.03. The molecule has 98 valence electrons. The molecule has 5 N–H and O–H groups in total. The molecule has 0 aliphatic heterocycles. The summed E-state index contributed by atoms with van der Waals surface area (Å²) in [4.78, 5) is 19.6. The highest BCUT2D eigenvalue weighted by Crippen LogP contribution is 2.14. The van der Waals surface area contributed by atoms with E-state index < -0.39 is 0 Å². The van der Waals surface area contributed by atoms with Crippen molar-refractivity contribution in [1.29, 1.82) is 0 Å². The molecule has 0 unspecified atom stereocenters. The van der Waals surface area contributed by atoms with Crippen molar-refractivity contribution < 1.29 is 4.79 Å². The minimum Gasteiger partial charge on any atom is -0.329 e. The molecule has 19 heavy (non-hydrogen) atoms. The number of carbonyl (C=O) groups is 1. The molecule has 1 amide bonds. The number of carbonyl (C=O) groups excluding carboxylic acids is 1. The predicted molar refractivity (Wildman–Crippen MR) is 72.4 cm³/mol. The zero-order valence-corrected chi connectivity index (χ0v) is 10.3. The fourth-order valence-electron chi connectivity index (χ4n) is 1.56. The summed E-state index contributed by atoms with van der Waals surface area (Å²) < 4.78 is 0. The van der Waals surface area contributed by atoms with E-state index in [2.05, 4.69) is 15.3 Å². The van der Waals surface area contributed by atoms with Gasteiger partial charge in [-0.2, -0.15) is 0 Å². The molecule has 0 fully saturated rings. The van der Waals surface area contributed by atoms with Crippen molar-refractivity contribution in [3.63, 3.8) is 0 Å². The first kappa shape index (κ1) is 13.1. The van der Waals surface area contributed by atoms with Crippen LogP contribution in [0.5, 0.6) is 0 Å². The molecular weight excluding hydrogens is 242 g/mol. The van der Waals surface area contributed by atoms with Gasteiger partial charge < -0.3 is 16.8 Å². The van der Waals surface area contributed by atoms with Crippen LogP contribution in [0.15, 0.2) is 42.9 Å². The van der Waals surface area contributed by atoms with Gasteiger partial charge in [-0.25, -0.2) is 4.98 Å². The molecule has 2 rings (SSSR count). The van der Waals surface area contributed by atoms with Gasteiger partial charge in [0.2, 0.25) is 0 Å². The smallest absolute Gasteiger partial charge is 0.275 e. The molecule has 0 radical (unpaired) electrons. The standard InChI is InChI=1S/C13H15N5O/c14-7-11(15)9-1-3-10(4-2-9)18-13(19)12-8-16-5-6-17-12/h1-6,8,11H,7,14-15H2,(H,18,19)/t11-/m1/s1. The highest BCUT2D eigenvalue weighted by Gasteiger charge is 2.08. The summed E-state index contributed by atoms with van der Waals surface area (Å²) in [5, 5.41) is 2.73. The molecule has 1 heterocycles. The van der Waals surface area contributed by atoms with Crippen LogP contribution in [0.2, 0.25) is 0 Å². The fraction of sp³-hybridized carbons (Fsp3) is 0.154. The summed E-state index contributed by atoms with van der Waals surface area (Å²) >= 11 is 0. The van der Waals surface area contributed by atoms with Crippen molar-refractivity contribution >= 4 is 11.6 Å². The number of hydrogen-bond acceptors (Lipinski definition) is 5. The van der Waals surface area contributed by atoms with E-state index in [-0.39, 0.29) is 17.6 Å². The minimum atomic E-state index is -0.302. The zero-order valence-electron chi connectivity index (χ0n) is 10.3. The molecule has 0 saturated heterocycles. The van der Waals surface area contributed by atoms with E-state index in [1.54, 1.807) is 12.1 Å². The van der Waals surface area contributed by atoms with Gasteiger partial charge in [-0.05, 0) is 17.7 Å². The Hall–Kier alpha value is -2.31. The first-order chi connectivity index (χ1) is 9.20. The van der Waals surface area contributed by atoms with Gasteiger partial charge in [-0.3, -0.25) is 9.78 Å². The van der Waals surface area contributed by atoms with E-state index in [9.17, 15) is 4.79 Å². The second-order valence-corrected chi connectivity index (χ2v) is 4.01. The normalized spacial score (nSPS) is 11.9. The summed E-state index contributed by atoms with van der Waals surface area (Å²) in [7, 11) is 0. The average molecular weight is 257 g/mol. The quantitative estimate of drug-likeness (QED) is 0.747. The van der Waals surface area contributed by atoms with Gasteiger partial charge in [0.15, 0.2) is 0 Å². The third-order valence-electron chi connectivity index (χ3n) is 2.65. The Labute approximate surface area is 110 Å². The molecule has 2 aromatic rings. The Morgan fingerprint density at radius 2 is 2.00 bits per heavy atom. The average Bonchev–Trinajstić information content (AvgIpc) is 2.48. The van der Waals surface area contributed by atoms with Crippen LogP contribution in [0.4, 0.5) is 5.69 Å². The van der Waals surface area contributed by atoms with Gasteiger partial charge in [-0.15, -0.1) is 0 Å². The van der Waals surface area contributed by atoms with Crippen LogP contribution in [-0.2, 0) is 0 Å². The van der Waals surface area contributed by atoms with Crippen LogP contribution in [-0.4, -0.2) is 22.4 Å². The molecule has 1 atom stereocenters.